The molecule has 2 aliphatic rings. The molecule has 0 unspecified atom stereocenters. The van der Waals surface area contributed by atoms with Crippen molar-refractivity contribution < 1.29 is 4.74 Å². The van der Waals surface area contributed by atoms with Crippen LogP contribution in [0, 0.1) is 5.41 Å². The Labute approximate surface area is 167 Å². The van der Waals surface area contributed by atoms with Gasteiger partial charge in [0, 0.05) is 44.0 Å². The average Bonchev–Trinajstić information content (AvgIpc) is 3.18. The summed E-state index contributed by atoms with van der Waals surface area (Å²) in [6.45, 7) is 8.92. The molecule has 2 N–H and O–H groups in total. The van der Waals surface area contributed by atoms with Gasteiger partial charge in [0.2, 0.25) is 0 Å². The Kier molecular flexibility index (Phi) is 7.91. The molecule has 1 saturated carbocycles. The lowest BCUT2D eigenvalue weighted by Gasteiger charge is -2.42. The maximum absolute atomic E-state index is 5.53. The molecule has 1 aliphatic carbocycles. The molecule has 2 fully saturated rings. The maximum atomic E-state index is 5.53. The highest BCUT2D eigenvalue weighted by molar-refractivity contribution is 7.09. The van der Waals surface area contributed by atoms with E-state index < -0.39 is 0 Å². The molecule has 0 radical (unpaired) electrons. The Hall–Kier alpha value is -1.18. The van der Waals surface area contributed by atoms with Crippen LogP contribution in [-0.4, -0.2) is 62.3 Å². The largest absolute Gasteiger partial charge is 0.379 e. The number of nitrogens with one attached hydrogen (secondary N) is 2. The first kappa shape index (κ1) is 20.6. The molecule has 3 rings (SSSR count). The summed E-state index contributed by atoms with van der Waals surface area (Å²) >= 11 is 1.74. The molecule has 0 spiro atoms. The summed E-state index contributed by atoms with van der Waals surface area (Å²) in [4.78, 5) is 11.7. The normalized spacial score (nSPS) is 21.2. The van der Waals surface area contributed by atoms with Gasteiger partial charge in [-0.25, -0.2) is 4.98 Å². The van der Waals surface area contributed by atoms with Gasteiger partial charge >= 0.3 is 0 Å². The molecule has 1 aromatic heterocycles. The fraction of sp³-hybridized carbons (Fsp3) is 0.800. The van der Waals surface area contributed by atoms with Crippen molar-refractivity contribution >= 4 is 17.3 Å². The Morgan fingerprint density at radius 1 is 1.26 bits per heavy atom. The predicted molar refractivity (Wildman–Crippen MR) is 112 cm³/mol. The zero-order valence-electron chi connectivity index (χ0n) is 16.9. The predicted octanol–water partition coefficient (Wildman–Crippen LogP) is 2.65. The van der Waals surface area contributed by atoms with E-state index in [0.717, 1.165) is 57.5 Å². The van der Waals surface area contributed by atoms with Crippen LogP contribution >= 0.6 is 11.3 Å². The molecule has 1 saturated heterocycles. The number of ether oxygens (including phenoxy) is 1. The maximum Gasteiger partial charge on any atom is 0.191 e. The van der Waals surface area contributed by atoms with Crippen molar-refractivity contribution in [2.75, 3.05) is 46.4 Å². The van der Waals surface area contributed by atoms with E-state index in [0.29, 0.717) is 5.41 Å². The number of thiazole rings is 1. The lowest BCUT2D eigenvalue weighted by Crippen LogP contribution is -2.51. The third kappa shape index (κ3) is 6.16. The number of morpholine rings is 1. The summed E-state index contributed by atoms with van der Waals surface area (Å²) in [6.07, 6.45) is 7.68. The molecule has 0 aromatic carbocycles. The summed E-state index contributed by atoms with van der Waals surface area (Å²) in [5, 5.41) is 10.4. The van der Waals surface area contributed by atoms with Crippen LogP contribution < -0.4 is 10.6 Å². The summed E-state index contributed by atoms with van der Waals surface area (Å²) < 4.78 is 5.53. The van der Waals surface area contributed by atoms with Crippen molar-refractivity contribution in [3.05, 3.63) is 16.1 Å². The minimum atomic E-state index is 0.350. The fourth-order valence-corrected chi connectivity index (χ4v) is 4.93. The number of hydrogen-bond acceptors (Lipinski definition) is 5. The zero-order valence-corrected chi connectivity index (χ0v) is 17.7. The van der Waals surface area contributed by atoms with E-state index in [1.54, 1.807) is 11.3 Å². The van der Waals surface area contributed by atoms with Gasteiger partial charge in [0.25, 0.3) is 0 Å². The van der Waals surface area contributed by atoms with Crippen molar-refractivity contribution in [1.29, 1.82) is 0 Å². The second kappa shape index (κ2) is 10.4. The smallest absolute Gasteiger partial charge is 0.191 e. The van der Waals surface area contributed by atoms with Crippen LogP contribution in [0.3, 0.4) is 0 Å². The van der Waals surface area contributed by atoms with Crippen molar-refractivity contribution in [1.82, 2.24) is 20.5 Å². The van der Waals surface area contributed by atoms with Gasteiger partial charge < -0.3 is 15.4 Å². The SMILES string of the molecule is CCc1nc(CNC(=NC)NCC2(CN3CCOCC3)CCCCC2)cs1. The molecule has 1 aliphatic heterocycles. The molecule has 7 heteroatoms. The number of nitrogens with zero attached hydrogens (tertiary/aromatic N) is 3. The third-order valence-corrected chi connectivity index (χ3v) is 6.81. The number of aromatic nitrogens is 1. The van der Waals surface area contributed by atoms with Gasteiger partial charge in [0.1, 0.15) is 0 Å². The summed E-state index contributed by atoms with van der Waals surface area (Å²) in [5.41, 5.74) is 1.45. The minimum absolute atomic E-state index is 0.350. The minimum Gasteiger partial charge on any atom is -0.379 e. The highest BCUT2D eigenvalue weighted by Gasteiger charge is 2.34. The summed E-state index contributed by atoms with van der Waals surface area (Å²) in [7, 11) is 1.85. The molecule has 0 atom stereocenters. The molecule has 6 nitrogen and oxygen atoms in total. The molecular weight excluding hydrogens is 358 g/mol. The second-order valence-corrected chi connectivity index (χ2v) is 8.76. The van der Waals surface area contributed by atoms with E-state index >= 15 is 0 Å². The van der Waals surface area contributed by atoms with Gasteiger partial charge in [-0.2, -0.15) is 0 Å². The Balaban J connectivity index is 1.52. The molecule has 0 bridgehead atoms. The standard InChI is InChI=1S/C20H35N5OS/c1-3-18-24-17(14-27-18)13-22-19(21-2)23-15-20(7-5-4-6-8-20)16-25-9-11-26-12-10-25/h14H,3-13,15-16H2,1-2H3,(H2,21,22,23). The van der Waals surface area contributed by atoms with Crippen LogP contribution in [0.2, 0.25) is 0 Å². The van der Waals surface area contributed by atoms with E-state index in [1.165, 1.54) is 43.7 Å². The number of rotatable bonds is 7. The molecule has 2 heterocycles. The highest BCUT2D eigenvalue weighted by Crippen LogP contribution is 2.36. The number of aryl methyl sites for hydroxylation is 1. The first-order valence-corrected chi connectivity index (χ1v) is 11.3. The Morgan fingerprint density at radius 3 is 2.70 bits per heavy atom. The highest BCUT2D eigenvalue weighted by atomic mass is 32.1. The lowest BCUT2D eigenvalue weighted by molar-refractivity contribution is 0.00820. The zero-order chi connectivity index (χ0) is 19.0. The van der Waals surface area contributed by atoms with Crippen molar-refractivity contribution in [3.8, 4) is 0 Å². The van der Waals surface area contributed by atoms with Gasteiger partial charge in [0.15, 0.2) is 5.96 Å². The lowest BCUT2D eigenvalue weighted by atomic mass is 9.73. The van der Waals surface area contributed by atoms with E-state index in [9.17, 15) is 0 Å². The van der Waals surface area contributed by atoms with Gasteiger partial charge in [-0.05, 0) is 19.3 Å². The van der Waals surface area contributed by atoms with E-state index in [4.69, 9.17) is 4.74 Å². The van der Waals surface area contributed by atoms with Crippen LogP contribution in [0.4, 0.5) is 0 Å². The number of hydrogen-bond donors (Lipinski definition) is 2. The van der Waals surface area contributed by atoms with E-state index in [-0.39, 0.29) is 0 Å². The summed E-state index contributed by atoms with van der Waals surface area (Å²) in [6, 6.07) is 0. The van der Waals surface area contributed by atoms with Crippen LogP contribution in [0.1, 0.15) is 49.7 Å². The quantitative estimate of drug-likeness (QED) is 0.551. The number of aliphatic imine (C=N–C) groups is 1. The molecular formula is C20H35N5OS. The van der Waals surface area contributed by atoms with Crippen LogP contribution in [0.25, 0.3) is 0 Å². The molecule has 0 amide bonds. The fourth-order valence-electron chi connectivity index (χ4n) is 4.18. The summed E-state index contributed by atoms with van der Waals surface area (Å²) in [5.74, 6) is 0.882. The van der Waals surface area contributed by atoms with Crippen LogP contribution in [0.5, 0.6) is 0 Å². The molecule has 27 heavy (non-hydrogen) atoms. The van der Waals surface area contributed by atoms with Gasteiger partial charge in [-0.15, -0.1) is 11.3 Å². The average molecular weight is 394 g/mol. The van der Waals surface area contributed by atoms with E-state index in [1.807, 2.05) is 7.05 Å². The number of guanidine groups is 1. The van der Waals surface area contributed by atoms with Gasteiger partial charge in [-0.1, -0.05) is 26.2 Å². The van der Waals surface area contributed by atoms with E-state index in [2.05, 4.69) is 37.8 Å². The topological polar surface area (TPSA) is 61.8 Å². The van der Waals surface area contributed by atoms with Gasteiger partial charge in [-0.3, -0.25) is 9.89 Å². The Morgan fingerprint density at radius 2 is 2.04 bits per heavy atom. The third-order valence-electron chi connectivity index (χ3n) is 5.77. The Bertz CT molecular complexity index is 591. The molecule has 1 aromatic rings. The monoisotopic (exact) mass is 393 g/mol. The van der Waals surface area contributed by atoms with Crippen molar-refractivity contribution in [3.63, 3.8) is 0 Å². The van der Waals surface area contributed by atoms with Crippen LogP contribution in [-0.2, 0) is 17.7 Å². The van der Waals surface area contributed by atoms with Crippen molar-refractivity contribution in [2.24, 2.45) is 10.4 Å². The van der Waals surface area contributed by atoms with Crippen LogP contribution in [0.15, 0.2) is 10.4 Å². The van der Waals surface area contributed by atoms with Crippen molar-refractivity contribution in [2.45, 2.75) is 52.0 Å². The molecule has 152 valence electrons. The van der Waals surface area contributed by atoms with Gasteiger partial charge in [0.05, 0.1) is 30.5 Å². The second-order valence-electron chi connectivity index (χ2n) is 7.81. The first-order chi connectivity index (χ1) is 13.2. The first-order valence-electron chi connectivity index (χ1n) is 10.4.